The van der Waals surface area contributed by atoms with E-state index >= 15 is 0 Å². The van der Waals surface area contributed by atoms with E-state index in [0.29, 0.717) is 22.1 Å². The number of aliphatic hydroxyl groups is 2. The predicted octanol–water partition coefficient (Wildman–Crippen LogP) is 1.26. The van der Waals surface area contributed by atoms with Gasteiger partial charge in [0.1, 0.15) is 0 Å². The third-order valence-corrected chi connectivity index (χ3v) is 4.25. The van der Waals surface area contributed by atoms with Crippen molar-refractivity contribution >= 4 is 28.8 Å². The quantitative estimate of drug-likeness (QED) is 0.778. The maximum Gasteiger partial charge on any atom is 0.261 e. The molecule has 0 bridgehead atoms. The number of halogens is 1. The van der Waals surface area contributed by atoms with Gasteiger partial charge >= 0.3 is 0 Å². The molecule has 1 aromatic rings. The van der Waals surface area contributed by atoms with E-state index in [-0.39, 0.29) is 24.5 Å². The van der Waals surface area contributed by atoms with E-state index in [9.17, 15) is 9.90 Å². The van der Waals surface area contributed by atoms with Crippen LogP contribution in [0.4, 0.5) is 0 Å². The Bertz CT molecular complexity index is 409. The molecule has 0 aromatic carbocycles. The lowest BCUT2D eigenvalue weighted by atomic mass is 10.1. The first-order valence-corrected chi connectivity index (χ1v) is 6.64. The molecule has 0 aliphatic heterocycles. The average molecular weight is 276 g/mol. The molecule has 3 unspecified atom stereocenters. The summed E-state index contributed by atoms with van der Waals surface area (Å²) in [6.45, 7) is -0.0433. The molecule has 1 amide bonds. The van der Waals surface area contributed by atoms with Crippen LogP contribution in [0.25, 0.3) is 0 Å². The van der Waals surface area contributed by atoms with Crippen molar-refractivity contribution in [2.24, 2.45) is 5.92 Å². The van der Waals surface area contributed by atoms with Gasteiger partial charge in [0.15, 0.2) is 0 Å². The van der Waals surface area contributed by atoms with E-state index in [2.05, 4.69) is 5.32 Å². The summed E-state index contributed by atoms with van der Waals surface area (Å²) in [7, 11) is 0. The van der Waals surface area contributed by atoms with E-state index in [4.69, 9.17) is 16.7 Å². The Labute approximate surface area is 108 Å². The van der Waals surface area contributed by atoms with Crippen LogP contribution in [-0.2, 0) is 0 Å². The van der Waals surface area contributed by atoms with Gasteiger partial charge in [-0.15, -0.1) is 11.3 Å². The zero-order valence-corrected chi connectivity index (χ0v) is 10.7. The molecule has 3 atom stereocenters. The van der Waals surface area contributed by atoms with Gasteiger partial charge in [-0.25, -0.2) is 0 Å². The number of thiophene rings is 1. The summed E-state index contributed by atoms with van der Waals surface area (Å²) in [5, 5.41) is 21.5. The third-order valence-electron chi connectivity index (χ3n) is 3.02. The van der Waals surface area contributed by atoms with Crippen molar-refractivity contribution in [3.63, 3.8) is 0 Å². The number of hydrogen-bond acceptors (Lipinski definition) is 4. The molecule has 6 heteroatoms. The van der Waals surface area contributed by atoms with Gasteiger partial charge in [-0.3, -0.25) is 4.79 Å². The molecule has 94 valence electrons. The number of rotatable bonds is 3. The van der Waals surface area contributed by atoms with Gasteiger partial charge in [0.2, 0.25) is 0 Å². The summed E-state index contributed by atoms with van der Waals surface area (Å²) in [4.78, 5) is 12.4. The van der Waals surface area contributed by atoms with Gasteiger partial charge in [0.25, 0.3) is 5.91 Å². The second-order valence-corrected chi connectivity index (χ2v) is 5.97. The maximum absolute atomic E-state index is 11.8. The summed E-state index contributed by atoms with van der Waals surface area (Å²) < 4.78 is 0.579. The molecular formula is C11H14ClNO3S. The molecule has 0 radical (unpaired) electrons. The number of hydrogen-bond donors (Lipinski definition) is 3. The van der Waals surface area contributed by atoms with Crippen molar-refractivity contribution in [3.8, 4) is 0 Å². The molecule has 1 heterocycles. The molecule has 1 saturated carbocycles. The Morgan fingerprint density at radius 1 is 1.53 bits per heavy atom. The molecule has 1 aliphatic carbocycles. The van der Waals surface area contributed by atoms with Crippen molar-refractivity contribution in [3.05, 3.63) is 21.3 Å². The van der Waals surface area contributed by atoms with Gasteiger partial charge in [-0.2, -0.15) is 0 Å². The highest BCUT2D eigenvalue weighted by atomic mass is 35.5. The molecule has 0 saturated heterocycles. The smallest absolute Gasteiger partial charge is 0.261 e. The van der Waals surface area contributed by atoms with Crippen LogP contribution < -0.4 is 5.32 Å². The standard InChI is InChI=1S/C11H14ClNO3S/c12-10-2-1-9(17-10)11(16)13-7-3-6(5-14)8(15)4-7/h1-2,6-8,14-15H,3-5H2,(H,13,16). The fourth-order valence-corrected chi connectivity index (χ4v) is 3.06. The van der Waals surface area contributed by atoms with Crippen LogP contribution in [0.1, 0.15) is 22.5 Å². The molecular weight excluding hydrogens is 262 g/mol. The van der Waals surface area contributed by atoms with Gasteiger partial charge in [0, 0.05) is 18.6 Å². The molecule has 3 N–H and O–H groups in total. The summed E-state index contributed by atoms with van der Waals surface area (Å²) in [6.07, 6.45) is 0.579. The first-order valence-electron chi connectivity index (χ1n) is 5.45. The Kier molecular flexibility index (Phi) is 4.04. The minimum atomic E-state index is -0.530. The molecule has 0 spiro atoms. The monoisotopic (exact) mass is 275 g/mol. The number of amides is 1. The maximum atomic E-state index is 11.8. The number of carbonyl (C=O) groups is 1. The summed E-state index contributed by atoms with van der Waals surface area (Å²) in [5.74, 6) is -0.301. The van der Waals surface area contributed by atoms with Crippen molar-refractivity contribution in [2.45, 2.75) is 25.0 Å². The second kappa shape index (κ2) is 5.35. The van der Waals surface area contributed by atoms with E-state index in [0.717, 1.165) is 0 Å². The van der Waals surface area contributed by atoms with Crippen molar-refractivity contribution < 1.29 is 15.0 Å². The Morgan fingerprint density at radius 3 is 2.82 bits per heavy atom. The lowest BCUT2D eigenvalue weighted by Crippen LogP contribution is -2.32. The van der Waals surface area contributed by atoms with Gasteiger partial charge in [-0.1, -0.05) is 11.6 Å². The Morgan fingerprint density at radius 2 is 2.29 bits per heavy atom. The van der Waals surface area contributed by atoms with Gasteiger partial charge in [0.05, 0.1) is 15.3 Å². The minimum Gasteiger partial charge on any atom is -0.396 e. The van der Waals surface area contributed by atoms with E-state index in [1.165, 1.54) is 11.3 Å². The fraction of sp³-hybridized carbons (Fsp3) is 0.545. The fourth-order valence-electron chi connectivity index (χ4n) is 2.11. The number of nitrogens with one attached hydrogen (secondary N) is 1. The zero-order chi connectivity index (χ0) is 12.4. The van der Waals surface area contributed by atoms with Crippen LogP contribution in [0, 0.1) is 5.92 Å². The highest BCUT2D eigenvalue weighted by molar-refractivity contribution is 7.17. The number of aliphatic hydroxyl groups excluding tert-OH is 2. The SMILES string of the molecule is O=C(NC1CC(O)C(CO)C1)c1ccc(Cl)s1. The highest BCUT2D eigenvalue weighted by Crippen LogP contribution is 2.27. The Balaban J connectivity index is 1.92. The van der Waals surface area contributed by atoms with Crippen molar-refractivity contribution in [2.75, 3.05) is 6.61 Å². The normalized spacial score (nSPS) is 28.3. The predicted molar refractivity (Wildman–Crippen MR) is 66.4 cm³/mol. The molecule has 17 heavy (non-hydrogen) atoms. The van der Waals surface area contributed by atoms with Gasteiger partial charge in [-0.05, 0) is 25.0 Å². The highest BCUT2D eigenvalue weighted by Gasteiger charge is 2.33. The molecule has 1 aliphatic rings. The molecule has 1 aromatic heterocycles. The van der Waals surface area contributed by atoms with Crippen molar-refractivity contribution in [1.82, 2.24) is 5.32 Å². The second-order valence-electron chi connectivity index (χ2n) is 4.26. The van der Waals surface area contributed by atoms with E-state index in [1.54, 1.807) is 12.1 Å². The van der Waals surface area contributed by atoms with Crippen molar-refractivity contribution in [1.29, 1.82) is 0 Å². The molecule has 1 fully saturated rings. The summed E-state index contributed by atoms with van der Waals surface area (Å²) in [6, 6.07) is 3.29. The van der Waals surface area contributed by atoms with Crippen LogP contribution >= 0.6 is 22.9 Å². The lowest BCUT2D eigenvalue weighted by molar-refractivity contribution is 0.0904. The van der Waals surface area contributed by atoms with Gasteiger partial charge < -0.3 is 15.5 Å². The van der Waals surface area contributed by atoms with Crippen LogP contribution in [0.15, 0.2) is 12.1 Å². The van der Waals surface area contributed by atoms with Crippen LogP contribution in [0.3, 0.4) is 0 Å². The van der Waals surface area contributed by atoms with Crippen LogP contribution in [-0.4, -0.2) is 34.9 Å². The van der Waals surface area contributed by atoms with E-state index in [1.807, 2.05) is 0 Å². The molecule has 2 rings (SSSR count). The summed E-state index contributed by atoms with van der Waals surface area (Å²) in [5.41, 5.74) is 0. The number of carbonyl (C=O) groups excluding carboxylic acids is 1. The largest absolute Gasteiger partial charge is 0.396 e. The third kappa shape index (κ3) is 2.98. The average Bonchev–Trinajstić information content (AvgIpc) is 2.85. The Hall–Kier alpha value is -0.620. The zero-order valence-electron chi connectivity index (χ0n) is 9.10. The lowest BCUT2D eigenvalue weighted by Gasteiger charge is -2.11. The van der Waals surface area contributed by atoms with Crippen LogP contribution in [0.2, 0.25) is 4.34 Å². The summed E-state index contributed by atoms with van der Waals surface area (Å²) >= 11 is 6.98. The molecule has 4 nitrogen and oxygen atoms in total. The topological polar surface area (TPSA) is 69.6 Å². The van der Waals surface area contributed by atoms with E-state index < -0.39 is 6.10 Å². The minimum absolute atomic E-state index is 0.0433. The first-order chi connectivity index (χ1) is 8.10. The first kappa shape index (κ1) is 12.8. The van der Waals surface area contributed by atoms with Crippen LogP contribution in [0.5, 0.6) is 0 Å².